The second-order valence-corrected chi connectivity index (χ2v) is 9.41. The van der Waals surface area contributed by atoms with E-state index >= 15 is 4.39 Å². The topological polar surface area (TPSA) is 111 Å². The maximum atomic E-state index is 15.4. The van der Waals surface area contributed by atoms with E-state index in [1.807, 2.05) is 12.1 Å². The Morgan fingerprint density at radius 1 is 0.850 bits per heavy atom. The quantitative estimate of drug-likeness (QED) is 0.267. The van der Waals surface area contributed by atoms with E-state index in [-0.39, 0.29) is 30.0 Å². The van der Waals surface area contributed by atoms with Gasteiger partial charge in [-0.2, -0.15) is 0 Å². The van der Waals surface area contributed by atoms with Crippen molar-refractivity contribution in [3.05, 3.63) is 103 Å². The molecule has 2 aromatic carbocycles. The number of hydrogen-bond donors (Lipinski definition) is 1. The van der Waals surface area contributed by atoms with Gasteiger partial charge in [0.15, 0.2) is 11.6 Å². The Kier molecular flexibility index (Phi) is 6.14. The predicted octanol–water partition coefficient (Wildman–Crippen LogP) is 5.69. The summed E-state index contributed by atoms with van der Waals surface area (Å²) >= 11 is 0. The highest BCUT2D eigenvalue weighted by Gasteiger charge is 2.57. The van der Waals surface area contributed by atoms with Crippen molar-refractivity contribution in [2.75, 3.05) is 4.90 Å². The van der Waals surface area contributed by atoms with Gasteiger partial charge in [0.05, 0.1) is 22.3 Å². The molecule has 0 bridgehead atoms. The molecule has 1 aliphatic carbocycles. The molecule has 2 amide bonds. The van der Waals surface area contributed by atoms with E-state index in [1.165, 1.54) is 41.3 Å². The van der Waals surface area contributed by atoms with Gasteiger partial charge in [0.25, 0.3) is 0 Å². The number of carbonyl (C=O) groups is 2. The fourth-order valence-electron chi connectivity index (χ4n) is 4.49. The van der Waals surface area contributed by atoms with Crippen LogP contribution >= 0.6 is 0 Å². The van der Waals surface area contributed by atoms with Crippen LogP contribution in [0.15, 0.2) is 91.5 Å². The summed E-state index contributed by atoms with van der Waals surface area (Å²) in [5.74, 6) is -2.38. The Morgan fingerprint density at radius 3 is 2.25 bits per heavy atom. The van der Waals surface area contributed by atoms with Crippen molar-refractivity contribution >= 4 is 34.1 Å². The summed E-state index contributed by atoms with van der Waals surface area (Å²) in [5, 5.41) is 0.573. The molecule has 2 N–H and O–H groups in total. The standard InChI is InChI=1S/C30H21F2N5O3/c31-19-1-3-20(4-2-19)37(29(39)30(10-11-30)28(33)38)21-5-6-27(23(32)15-21)40-26-9-14-35-25-16-24(36-17-22(25)26)18-7-12-34-13-8-18/h1-9,12-17H,10-11H2,(H2,33,38). The lowest BCUT2D eigenvalue weighted by Crippen LogP contribution is -2.41. The highest BCUT2D eigenvalue weighted by Crippen LogP contribution is 2.49. The van der Waals surface area contributed by atoms with Crippen molar-refractivity contribution in [2.45, 2.75) is 12.8 Å². The lowest BCUT2D eigenvalue weighted by Gasteiger charge is -2.26. The Hall–Kier alpha value is -5.25. The van der Waals surface area contributed by atoms with Crippen LogP contribution in [0.2, 0.25) is 0 Å². The normalized spacial score (nSPS) is 13.6. The number of anilines is 2. The van der Waals surface area contributed by atoms with Crippen LogP contribution < -0.4 is 15.4 Å². The van der Waals surface area contributed by atoms with Crippen LogP contribution in [0.4, 0.5) is 20.2 Å². The monoisotopic (exact) mass is 537 g/mol. The molecule has 0 aliphatic heterocycles. The maximum absolute atomic E-state index is 15.4. The number of rotatable bonds is 7. The third-order valence-corrected chi connectivity index (χ3v) is 6.88. The number of benzene rings is 2. The van der Waals surface area contributed by atoms with Crippen LogP contribution in [0.5, 0.6) is 11.5 Å². The van der Waals surface area contributed by atoms with Gasteiger partial charge in [-0.05, 0) is 73.5 Å². The summed E-state index contributed by atoms with van der Waals surface area (Å²) in [7, 11) is 0. The van der Waals surface area contributed by atoms with Crippen molar-refractivity contribution in [2.24, 2.45) is 11.1 Å². The second-order valence-electron chi connectivity index (χ2n) is 9.41. The first kappa shape index (κ1) is 25.1. The minimum absolute atomic E-state index is 0.1000. The predicted molar refractivity (Wildman–Crippen MR) is 144 cm³/mol. The Labute approximate surface area is 227 Å². The van der Waals surface area contributed by atoms with Gasteiger partial charge in [-0.15, -0.1) is 0 Å². The van der Waals surface area contributed by atoms with E-state index in [0.29, 0.717) is 22.3 Å². The lowest BCUT2D eigenvalue weighted by molar-refractivity contribution is -0.133. The van der Waals surface area contributed by atoms with Crippen LogP contribution in [0, 0.1) is 17.0 Å². The zero-order valence-corrected chi connectivity index (χ0v) is 20.9. The van der Waals surface area contributed by atoms with E-state index in [9.17, 15) is 14.0 Å². The third kappa shape index (κ3) is 4.49. The fourth-order valence-corrected chi connectivity index (χ4v) is 4.49. The summed E-state index contributed by atoms with van der Waals surface area (Å²) < 4.78 is 35.0. The Balaban J connectivity index is 1.33. The van der Waals surface area contributed by atoms with Crippen LogP contribution in [-0.2, 0) is 9.59 Å². The van der Waals surface area contributed by atoms with E-state index < -0.39 is 28.9 Å². The van der Waals surface area contributed by atoms with E-state index in [4.69, 9.17) is 10.5 Å². The van der Waals surface area contributed by atoms with Crippen molar-refractivity contribution in [3.63, 3.8) is 0 Å². The average Bonchev–Trinajstić information content (AvgIpc) is 3.78. The van der Waals surface area contributed by atoms with Crippen LogP contribution in [0.3, 0.4) is 0 Å². The molecule has 3 heterocycles. The molecule has 3 aromatic heterocycles. The molecule has 8 nitrogen and oxygen atoms in total. The van der Waals surface area contributed by atoms with Gasteiger partial charge in [-0.25, -0.2) is 8.78 Å². The van der Waals surface area contributed by atoms with Gasteiger partial charge in [0, 0.05) is 42.1 Å². The van der Waals surface area contributed by atoms with E-state index in [2.05, 4.69) is 15.0 Å². The van der Waals surface area contributed by atoms with Crippen LogP contribution in [0.25, 0.3) is 22.2 Å². The summed E-state index contributed by atoms with van der Waals surface area (Å²) in [5.41, 5.74) is 6.73. The van der Waals surface area contributed by atoms with Gasteiger partial charge in [-0.1, -0.05) is 0 Å². The third-order valence-electron chi connectivity index (χ3n) is 6.88. The van der Waals surface area contributed by atoms with Gasteiger partial charge < -0.3 is 10.5 Å². The van der Waals surface area contributed by atoms with Gasteiger partial charge in [-0.3, -0.25) is 29.4 Å². The first-order chi connectivity index (χ1) is 19.4. The number of nitrogens with zero attached hydrogens (tertiary/aromatic N) is 4. The number of nitrogens with two attached hydrogens (primary N) is 1. The molecular weight excluding hydrogens is 516 g/mol. The number of ether oxygens (including phenoxy) is 1. The highest BCUT2D eigenvalue weighted by molar-refractivity contribution is 6.16. The number of pyridine rings is 3. The van der Waals surface area contributed by atoms with Gasteiger partial charge >= 0.3 is 0 Å². The molecule has 1 fully saturated rings. The smallest absolute Gasteiger partial charge is 0.247 e. The second kappa shape index (κ2) is 9.81. The Morgan fingerprint density at radius 2 is 1.57 bits per heavy atom. The molecule has 1 aliphatic rings. The van der Waals surface area contributed by atoms with E-state index in [0.717, 1.165) is 11.6 Å². The fraction of sp³-hybridized carbons (Fsp3) is 0.100. The van der Waals surface area contributed by atoms with E-state index in [1.54, 1.807) is 36.9 Å². The average molecular weight is 538 g/mol. The van der Waals surface area contributed by atoms with Crippen LogP contribution in [-0.4, -0.2) is 26.8 Å². The largest absolute Gasteiger partial charge is 0.453 e. The number of carbonyl (C=O) groups excluding carboxylic acids is 2. The van der Waals surface area contributed by atoms with Crippen molar-refractivity contribution in [1.82, 2.24) is 15.0 Å². The molecule has 0 spiro atoms. The first-order valence-electron chi connectivity index (χ1n) is 12.4. The SMILES string of the molecule is NC(=O)C1(C(=O)N(c2ccc(F)cc2)c2ccc(Oc3ccnc4cc(-c5ccncc5)ncc34)c(F)c2)CC1. The molecule has 0 atom stereocenters. The maximum Gasteiger partial charge on any atom is 0.247 e. The van der Waals surface area contributed by atoms with Crippen molar-refractivity contribution < 1.29 is 23.1 Å². The molecule has 6 rings (SSSR count). The van der Waals surface area contributed by atoms with Crippen molar-refractivity contribution in [1.29, 1.82) is 0 Å². The molecule has 5 aromatic rings. The number of hydrogen-bond acceptors (Lipinski definition) is 6. The Bertz CT molecular complexity index is 1760. The molecule has 0 radical (unpaired) electrons. The number of amides is 2. The first-order valence-corrected chi connectivity index (χ1v) is 12.4. The zero-order valence-electron chi connectivity index (χ0n) is 20.9. The molecule has 0 unspecified atom stereocenters. The minimum Gasteiger partial charge on any atom is -0.453 e. The number of fused-ring (bicyclic) bond motifs is 1. The summed E-state index contributed by atoms with van der Waals surface area (Å²) in [4.78, 5) is 39.6. The highest BCUT2D eigenvalue weighted by atomic mass is 19.1. The molecule has 40 heavy (non-hydrogen) atoms. The molecule has 198 valence electrons. The number of halogens is 2. The number of primary amides is 1. The summed E-state index contributed by atoms with van der Waals surface area (Å²) in [6, 6.07) is 16.2. The molecule has 1 saturated carbocycles. The minimum atomic E-state index is -1.38. The molecular formula is C30H21F2N5O3. The van der Waals surface area contributed by atoms with Crippen molar-refractivity contribution in [3.8, 4) is 22.8 Å². The lowest BCUT2D eigenvalue weighted by atomic mass is 10.0. The van der Waals surface area contributed by atoms with Gasteiger partial charge in [0.2, 0.25) is 11.8 Å². The molecule has 10 heteroatoms. The number of aromatic nitrogens is 3. The summed E-state index contributed by atoms with van der Waals surface area (Å²) in [6.07, 6.45) is 7.07. The van der Waals surface area contributed by atoms with Crippen LogP contribution in [0.1, 0.15) is 12.8 Å². The zero-order chi connectivity index (χ0) is 27.9. The van der Waals surface area contributed by atoms with Gasteiger partial charge in [0.1, 0.15) is 17.0 Å². The molecule has 0 saturated heterocycles. The summed E-state index contributed by atoms with van der Waals surface area (Å²) in [6.45, 7) is 0.